The average Bonchev–Trinajstić information content (AvgIpc) is 3.46. The SMILES string of the molecule is C[C@@H](Sc1nnc(-c2cccc(S(=O)(=O)N3CCOCC3)c2)o1)C(=O)N1CCCC1. The standard InChI is InChI=1S/C19H24N4O5S2/c1-14(18(24)22-7-2-3-8-22)29-19-21-20-17(28-19)15-5-4-6-16(13-15)30(25,26)23-9-11-27-12-10-23/h4-6,13-14H,2-3,7-12H2,1H3/t14-/m1/s1. The number of hydrogen-bond acceptors (Lipinski definition) is 8. The summed E-state index contributed by atoms with van der Waals surface area (Å²) in [5.74, 6) is 0.285. The van der Waals surface area contributed by atoms with E-state index in [9.17, 15) is 13.2 Å². The zero-order valence-electron chi connectivity index (χ0n) is 16.7. The molecule has 0 aliphatic carbocycles. The summed E-state index contributed by atoms with van der Waals surface area (Å²) in [4.78, 5) is 14.5. The minimum atomic E-state index is -3.62. The van der Waals surface area contributed by atoms with E-state index in [2.05, 4.69) is 10.2 Å². The summed E-state index contributed by atoms with van der Waals surface area (Å²) < 4.78 is 38.1. The molecule has 1 aromatic heterocycles. The van der Waals surface area contributed by atoms with E-state index in [1.807, 2.05) is 11.8 Å². The van der Waals surface area contributed by atoms with Crippen molar-refractivity contribution in [2.24, 2.45) is 0 Å². The number of rotatable bonds is 6. The molecule has 2 saturated heterocycles. The van der Waals surface area contributed by atoms with Gasteiger partial charge < -0.3 is 14.1 Å². The van der Waals surface area contributed by atoms with Gasteiger partial charge in [0, 0.05) is 31.7 Å². The number of morpholine rings is 1. The fraction of sp³-hybridized carbons (Fsp3) is 0.526. The molecule has 0 N–H and O–H groups in total. The lowest BCUT2D eigenvalue weighted by Crippen LogP contribution is -2.40. The Kier molecular flexibility index (Phi) is 6.42. The number of sulfonamides is 1. The molecule has 1 atom stereocenters. The highest BCUT2D eigenvalue weighted by molar-refractivity contribution is 8.00. The number of thioether (sulfide) groups is 1. The predicted molar refractivity (Wildman–Crippen MR) is 110 cm³/mol. The highest BCUT2D eigenvalue weighted by Gasteiger charge is 2.28. The molecule has 1 aromatic carbocycles. The molecule has 0 spiro atoms. The van der Waals surface area contributed by atoms with Crippen molar-refractivity contribution in [3.8, 4) is 11.5 Å². The number of carbonyl (C=O) groups excluding carboxylic acids is 1. The van der Waals surface area contributed by atoms with Gasteiger partial charge in [0.2, 0.25) is 21.8 Å². The first-order chi connectivity index (χ1) is 14.4. The second-order valence-electron chi connectivity index (χ2n) is 7.21. The molecule has 0 saturated carbocycles. The van der Waals surface area contributed by atoms with Gasteiger partial charge in [-0.15, -0.1) is 10.2 Å². The van der Waals surface area contributed by atoms with Crippen molar-refractivity contribution in [1.29, 1.82) is 0 Å². The van der Waals surface area contributed by atoms with Crippen molar-refractivity contribution in [2.45, 2.75) is 35.1 Å². The quantitative estimate of drug-likeness (QED) is 0.612. The molecule has 2 aromatic rings. The van der Waals surface area contributed by atoms with Crippen LogP contribution < -0.4 is 0 Å². The Morgan fingerprint density at radius 3 is 2.60 bits per heavy atom. The van der Waals surface area contributed by atoms with Crippen LogP contribution in [0.15, 0.2) is 38.8 Å². The Morgan fingerprint density at radius 2 is 1.87 bits per heavy atom. The number of carbonyl (C=O) groups is 1. The Hall–Kier alpha value is -1.95. The van der Waals surface area contributed by atoms with E-state index >= 15 is 0 Å². The lowest BCUT2D eigenvalue weighted by Gasteiger charge is -2.26. The van der Waals surface area contributed by atoms with E-state index in [0.29, 0.717) is 31.9 Å². The molecule has 30 heavy (non-hydrogen) atoms. The van der Waals surface area contributed by atoms with Crippen molar-refractivity contribution < 1.29 is 22.4 Å². The number of amides is 1. The van der Waals surface area contributed by atoms with Crippen LogP contribution in [0.3, 0.4) is 0 Å². The summed E-state index contributed by atoms with van der Waals surface area (Å²) in [6.45, 7) is 4.85. The van der Waals surface area contributed by atoms with Crippen molar-refractivity contribution in [2.75, 3.05) is 39.4 Å². The molecule has 1 amide bonds. The average molecular weight is 453 g/mol. The highest BCUT2D eigenvalue weighted by atomic mass is 32.2. The molecular formula is C19H24N4O5S2. The monoisotopic (exact) mass is 452 g/mol. The molecule has 162 valence electrons. The molecule has 9 nitrogen and oxygen atoms in total. The van der Waals surface area contributed by atoms with E-state index in [-0.39, 0.29) is 27.2 Å². The minimum Gasteiger partial charge on any atom is -0.411 e. The van der Waals surface area contributed by atoms with Crippen molar-refractivity contribution in [1.82, 2.24) is 19.4 Å². The largest absolute Gasteiger partial charge is 0.411 e. The molecule has 2 fully saturated rings. The second kappa shape index (κ2) is 9.04. The smallest absolute Gasteiger partial charge is 0.277 e. The molecule has 2 aliphatic rings. The van der Waals surface area contributed by atoms with E-state index in [4.69, 9.17) is 9.15 Å². The van der Waals surface area contributed by atoms with E-state index in [1.165, 1.54) is 22.1 Å². The number of hydrogen-bond donors (Lipinski definition) is 0. The summed E-state index contributed by atoms with van der Waals surface area (Å²) >= 11 is 1.21. The molecule has 2 aliphatic heterocycles. The van der Waals surface area contributed by atoms with Crippen LogP contribution in [0.4, 0.5) is 0 Å². The van der Waals surface area contributed by atoms with Crippen LogP contribution in [-0.4, -0.2) is 78.4 Å². The first-order valence-electron chi connectivity index (χ1n) is 9.92. The van der Waals surface area contributed by atoms with Gasteiger partial charge in [-0.1, -0.05) is 17.8 Å². The number of nitrogens with zero attached hydrogens (tertiary/aromatic N) is 4. The molecule has 3 heterocycles. The van der Waals surface area contributed by atoms with Gasteiger partial charge in [0.25, 0.3) is 5.22 Å². The van der Waals surface area contributed by atoms with Gasteiger partial charge in [-0.05, 0) is 38.0 Å². The van der Waals surface area contributed by atoms with Gasteiger partial charge >= 0.3 is 0 Å². The Labute approximate surface area is 179 Å². The number of likely N-dealkylation sites (tertiary alicyclic amines) is 1. The number of aromatic nitrogens is 2. The van der Waals surface area contributed by atoms with Gasteiger partial charge in [-0.2, -0.15) is 4.31 Å². The Morgan fingerprint density at radius 1 is 1.13 bits per heavy atom. The van der Waals surface area contributed by atoms with Crippen LogP contribution in [0.25, 0.3) is 11.5 Å². The van der Waals surface area contributed by atoms with Crippen LogP contribution in [0.5, 0.6) is 0 Å². The summed E-state index contributed by atoms with van der Waals surface area (Å²) in [6.07, 6.45) is 2.08. The molecule has 4 rings (SSSR count). The molecule has 0 radical (unpaired) electrons. The van der Waals surface area contributed by atoms with Crippen LogP contribution in [-0.2, 0) is 19.6 Å². The van der Waals surface area contributed by atoms with Crippen LogP contribution in [0.2, 0.25) is 0 Å². The van der Waals surface area contributed by atoms with E-state index < -0.39 is 10.0 Å². The summed E-state index contributed by atoms with van der Waals surface area (Å²) in [5, 5.41) is 8.02. The maximum atomic E-state index is 12.9. The second-order valence-corrected chi connectivity index (χ2v) is 10.4. The van der Waals surface area contributed by atoms with Crippen molar-refractivity contribution in [3.63, 3.8) is 0 Å². The minimum absolute atomic E-state index is 0.0656. The van der Waals surface area contributed by atoms with E-state index in [0.717, 1.165) is 25.9 Å². The third-order valence-corrected chi connectivity index (χ3v) is 7.95. The summed E-state index contributed by atoms with van der Waals surface area (Å²) in [5.41, 5.74) is 0.516. The maximum Gasteiger partial charge on any atom is 0.277 e. The van der Waals surface area contributed by atoms with E-state index in [1.54, 1.807) is 18.2 Å². The molecule has 0 bridgehead atoms. The lowest BCUT2D eigenvalue weighted by atomic mass is 10.2. The van der Waals surface area contributed by atoms with Gasteiger partial charge in [0.15, 0.2) is 0 Å². The molecule has 0 unspecified atom stereocenters. The van der Waals surface area contributed by atoms with Crippen LogP contribution in [0, 0.1) is 0 Å². The van der Waals surface area contributed by atoms with Crippen molar-refractivity contribution in [3.05, 3.63) is 24.3 Å². The van der Waals surface area contributed by atoms with Gasteiger partial charge in [0.05, 0.1) is 23.4 Å². The maximum absolute atomic E-state index is 12.9. The van der Waals surface area contributed by atoms with Gasteiger partial charge in [-0.3, -0.25) is 4.79 Å². The fourth-order valence-electron chi connectivity index (χ4n) is 3.50. The topological polar surface area (TPSA) is 106 Å². The normalized spacial score (nSPS) is 19.2. The lowest BCUT2D eigenvalue weighted by molar-refractivity contribution is -0.129. The number of benzene rings is 1. The summed E-state index contributed by atoms with van der Waals surface area (Å²) in [7, 11) is -3.62. The van der Waals surface area contributed by atoms with Crippen LogP contribution >= 0.6 is 11.8 Å². The van der Waals surface area contributed by atoms with Crippen LogP contribution in [0.1, 0.15) is 19.8 Å². The predicted octanol–water partition coefficient (Wildman–Crippen LogP) is 1.86. The Balaban J connectivity index is 1.48. The zero-order chi connectivity index (χ0) is 21.1. The third kappa shape index (κ3) is 4.53. The number of ether oxygens (including phenoxy) is 1. The molecular weight excluding hydrogens is 428 g/mol. The Bertz CT molecular complexity index is 998. The van der Waals surface area contributed by atoms with Gasteiger partial charge in [-0.25, -0.2) is 8.42 Å². The highest BCUT2D eigenvalue weighted by Crippen LogP contribution is 2.29. The fourth-order valence-corrected chi connectivity index (χ4v) is 5.72. The first-order valence-corrected chi connectivity index (χ1v) is 12.2. The first kappa shape index (κ1) is 21.3. The van der Waals surface area contributed by atoms with Gasteiger partial charge in [0.1, 0.15) is 0 Å². The molecule has 11 heteroatoms. The third-order valence-electron chi connectivity index (χ3n) is 5.14. The summed E-state index contributed by atoms with van der Waals surface area (Å²) in [6, 6.07) is 6.46. The zero-order valence-corrected chi connectivity index (χ0v) is 18.3. The van der Waals surface area contributed by atoms with Crippen molar-refractivity contribution >= 4 is 27.7 Å².